The van der Waals surface area contributed by atoms with Crippen LogP contribution in [0, 0.1) is 0 Å². The highest BCUT2D eigenvalue weighted by atomic mass is 16.1. The van der Waals surface area contributed by atoms with Gasteiger partial charge in [0.25, 0.3) is 5.56 Å². The molecule has 0 N–H and O–H groups in total. The van der Waals surface area contributed by atoms with Gasteiger partial charge in [-0.2, -0.15) is 0 Å². The van der Waals surface area contributed by atoms with E-state index in [4.69, 9.17) is 0 Å². The molecule has 29 heavy (non-hydrogen) atoms. The predicted octanol–water partition coefficient (Wildman–Crippen LogP) is 3.85. The lowest BCUT2D eigenvalue weighted by Gasteiger charge is -2.19. The number of nitrogens with zero attached hydrogens (tertiary/aromatic N) is 5. The molecule has 0 atom stereocenters. The normalized spacial score (nSPS) is 11.5. The molecule has 0 fully saturated rings. The van der Waals surface area contributed by atoms with Gasteiger partial charge in [0, 0.05) is 19.3 Å². The number of rotatable bonds is 4. The number of fused-ring (bicyclic) bond motifs is 4. The van der Waals surface area contributed by atoms with Gasteiger partial charge in [0.1, 0.15) is 0 Å². The molecule has 0 aliphatic heterocycles. The van der Waals surface area contributed by atoms with Crippen molar-refractivity contribution in [1.82, 2.24) is 19.2 Å². The highest BCUT2D eigenvalue weighted by Gasteiger charge is 2.16. The second-order valence-electron chi connectivity index (χ2n) is 7.21. The van der Waals surface area contributed by atoms with Crippen molar-refractivity contribution in [2.24, 2.45) is 0 Å². The third-order valence-corrected chi connectivity index (χ3v) is 5.44. The van der Waals surface area contributed by atoms with Crippen LogP contribution in [0.15, 0.2) is 71.5 Å². The van der Waals surface area contributed by atoms with Gasteiger partial charge >= 0.3 is 0 Å². The van der Waals surface area contributed by atoms with Crippen LogP contribution < -0.4 is 10.5 Å². The first-order chi connectivity index (χ1) is 14.2. The van der Waals surface area contributed by atoms with Crippen molar-refractivity contribution in [2.75, 3.05) is 11.9 Å². The molecule has 5 rings (SSSR count). The molecule has 0 aliphatic carbocycles. The SMILES string of the molecule is CCn1c(=O)c2ccccc2n2c(CN(C)c3ccc4ccccc4c3)nnc12. The van der Waals surface area contributed by atoms with Gasteiger partial charge in [-0.1, -0.05) is 42.5 Å². The van der Waals surface area contributed by atoms with Crippen molar-refractivity contribution >= 4 is 33.1 Å². The van der Waals surface area contributed by atoms with Crippen molar-refractivity contribution in [3.05, 3.63) is 82.9 Å². The van der Waals surface area contributed by atoms with Crippen LogP contribution in [0.2, 0.25) is 0 Å². The Labute approximate surface area is 167 Å². The average Bonchev–Trinajstić information content (AvgIpc) is 3.17. The third-order valence-electron chi connectivity index (χ3n) is 5.44. The number of anilines is 1. The largest absolute Gasteiger partial charge is 0.367 e. The second kappa shape index (κ2) is 6.74. The van der Waals surface area contributed by atoms with Crippen LogP contribution in [0.3, 0.4) is 0 Å². The summed E-state index contributed by atoms with van der Waals surface area (Å²) in [5.74, 6) is 1.38. The number of aromatic nitrogens is 4. The average molecular weight is 383 g/mol. The maximum Gasteiger partial charge on any atom is 0.262 e. The van der Waals surface area contributed by atoms with E-state index < -0.39 is 0 Å². The lowest BCUT2D eigenvalue weighted by atomic mass is 10.1. The van der Waals surface area contributed by atoms with Crippen molar-refractivity contribution in [2.45, 2.75) is 20.0 Å². The maximum absolute atomic E-state index is 12.8. The first-order valence-corrected chi connectivity index (χ1v) is 9.73. The topological polar surface area (TPSA) is 55.4 Å². The zero-order valence-corrected chi connectivity index (χ0v) is 16.4. The Hall–Kier alpha value is -3.67. The molecule has 0 aliphatic rings. The smallest absolute Gasteiger partial charge is 0.262 e. The Morgan fingerprint density at radius 1 is 0.931 bits per heavy atom. The van der Waals surface area contributed by atoms with E-state index in [0.717, 1.165) is 17.0 Å². The standard InChI is InChI=1S/C23H21N5O/c1-3-27-22(29)19-10-6-7-11-20(19)28-21(24-25-23(27)28)15-26(2)18-13-12-16-8-4-5-9-17(16)14-18/h4-14H,3,15H2,1-2H3. The minimum Gasteiger partial charge on any atom is -0.367 e. The minimum atomic E-state index is -0.0302. The molecule has 0 unspecified atom stereocenters. The molecule has 5 aromatic rings. The fraction of sp³-hybridized carbons (Fsp3) is 0.174. The predicted molar refractivity (Wildman–Crippen MR) is 116 cm³/mol. The van der Waals surface area contributed by atoms with Crippen LogP contribution in [-0.2, 0) is 13.1 Å². The minimum absolute atomic E-state index is 0.0302. The van der Waals surface area contributed by atoms with E-state index in [1.54, 1.807) is 4.57 Å². The Bertz CT molecular complexity index is 1420. The Kier molecular flexibility index (Phi) is 4.05. The van der Waals surface area contributed by atoms with Crippen LogP contribution in [-0.4, -0.2) is 26.2 Å². The third kappa shape index (κ3) is 2.76. The zero-order chi connectivity index (χ0) is 20.0. The highest BCUT2D eigenvalue weighted by molar-refractivity contribution is 5.86. The van der Waals surface area contributed by atoms with Crippen molar-refractivity contribution in [3.63, 3.8) is 0 Å². The molecule has 0 amide bonds. The van der Waals surface area contributed by atoms with Crippen molar-refractivity contribution in [3.8, 4) is 0 Å². The quantitative estimate of drug-likeness (QED) is 0.473. The number of hydrogen-bond acceptors (Lipinski definition) is 4. The summed E-state index contributed by atoms with van der Waals surface area (Å²) in [4.78, 5) is 15.0. The van der Waals surface area contributed by atoms with Gasteiger partial charge in [-0.3, -0.25) is 13.8 Å². The molecule has 6 nitrogen and oxygen atoms in total. The summed E-state index contributed by atoms with van der Waals surface area (Å²) in [6.07, 6.45) is 0. The lowest BCUT2D eigenvalue weighted by molar-refractivity contribution is 0.733. The summed E-state index contributed by atoms with van der Waals surface area (Å²) in [6, 6.07) is 22.4. The fourth-order valence-corrected chi connectivity index (χ4v) is 3.92. The van der Waals surface area contributed by atoms with Crippen LogP contribution in [0.1, 0.15) is 12.7 Å². The molecule has 2 aromatic heterocycles. The fourth-order valence-electron chi connectivity index (χ4n) is 3.92. The molecule has 0 saturated carbocycles. The number of aryl methyl sites for hydroxylation is 1. The Morgan fingerprint density at radius 2 is 1.69 bits per heavy atom. The molecule has 0 bridgehead atoms. The lowest BCUT2D eigenvalue weighted by Crippen LogP contribution is -2.24. The summed E-state index contributed by atoms with van der Waals surface area (Å²) in [6.45, 7) is 3.07. The monoisotopic (exact) mass is 383 g/mol. The van der Waals surface area contributed by atoms with Crippen LogP contribution in [0.4, 0.5) is 5.69 Å². The molecule has 6 heteroatoms. The molecule has 3 aromatic carbocycles. The van der Waals surface area contributed by atoms with Gasteiger partial charge in [-0.05, 0) is 42.0 Å². The number of hydrogen-bond donors (Lipinski definition) is 0. The van der Waals surface area contributed by atoms with E-state index in [2.05, 4.69) is 45.4 Å². The molecular formula is C23H21N5O. The first-order valence-electron chi connectivity index (χ1n) is 9.73. The van der Waals surface area contributed by atoms with E-state index in [9.17, 15) is 4.79 Å². The Balaban J connectivity index is 1.63. The van der Waals surface area contributed by atoms with Gasteiger partial charge in [-0.15, -0.1) is 10.2 Å². The summed E-state index contributed by atoms with van der Waals surface area (Å²) in [5.41, 5.74) is 1.91. The summed E-state index contributed by atoms with van der Waals surface area (Å²) < 4.78 is 3.67. The highest BCUT2D eigenvalue weighted by Crippen LogP contribution is 2.23. The van der Waals surface area contributed by atoms with Crippen LogP contribution in [0.5, 0.6) is 0 Å². The van der Waals surface area contributed by atoms with Crippen molar-refractivity contribution in [1.29, 1.82) is 0 Å². The van der Waals surface area contributed by atoms with E-state index in [1.807, 2.05) is 54.8 Å². The van der Waals surface area contributed by atoms with Gasteiger partial charge in [0.2, 0.25) is 5.78 Å². The molecule has 0 radical (unpaired) electrons. The molecule has 0 saturated heterocycles. The first kappa shape index (κ1) is 17.4. The maximum atomic E-state index is 12.8. The Morgan fingerprint density at radius 3 is 2.52 bits per heavy atom. The van der Waals surface area contributed by atoms with Gasteiger partial charge in [0.15, 0.2) is 5.82 Å². The molecular weight excluding hydrogens is 362 g/mol. The van der Waals surface area contributed by atoms with E-state index in [0.29, 0.717) is 24.3 Å². The summed E-state index contributed by atoms with van der Waals surface area (Å²) >= 11 is 0. The zero-order valence-electron chi connectivity index (χ0n) is 16.4. The van der Waals surface area contributed by atoms with Gasteiger partial charge < -0.3 is 4.90 Å². The molecule has 144 valence electrons. The van der Waals surface area contributed by atoms with E-state index >= 15 is 0 Å². The van der Waals surface area contributed by atoms with Crippen LogP contribution >= 0.6 is 0 Å². The number of benzene rings is 3. The van der Waals surface area contributed by atoms with E-state index in [1.165, 1.54) is 10.8 Å². The van der Waals surface area contributed by atoms with Crippen molar-refractivity contribution < 1.29 is 0 Å². The van der Waals surface area contributed by atoms with Gasteiger partial charge in [-0.25, -0.2) is 0 Å². The van der Waals surface area contributed by atoms with Crippen LogP contribution in [0.25, 0.3) is 27.5 Å². The summed E-state index contributed by atoms with van der Waals surface area (Å²) in [5, 5.41) is 11.9. The summed E-state index contributed by atoms with van der Waals surface area (Å²) in [7, 11) is 2.04. The van der Waals surface area contributed by atoms with Gasteiger partial charge in [0.05, 0.1) is 17.4 Å². The molecule has 2 heterocycles. The second-order valence-corrected chi connectivity index (χ2v) is 7.21. The number of para-hydroxylation sites is 1. The molecule has 0 spiro atoms. The van der Waals surface area contributed by atoms with E-state index in [-0.39, 0.29) is 5.56 Å².